The summed E-state index contributed by atoms with van der Waals surface area (Å²) in [5.74, 6) is 0. The molecule has 0 aliphatic carbocycles. The van der Waals surface area contributed by atoms with E-state index in [0.717, 1.165) is 6.07 Å². The summed E-state index contributed by atoms with van der Waals surface area (Å²) in [5.41, 5.74) is 3.68. The Kier molecular flexibility index (Phi) is 2.55. The first kappa shape index (κ1) is 11.8. The van der Waals surface area contributed by atoms with Crippen molar-refractivity contribution < 1.29 is 13.2 Å². The molecule has 96 valence electrons. The van der Waals surface area contributed by atoms with E-state index in [1.54, 1.807) is 30.3 Å². The lowest BCUT2D eigenvalue weighted by molar-refractivity contribution is -0.137. The van der Waals surface area contributed by atoms with Crippen LogP contribution in [0.5, 0.6) is 0 Å². The lowest BCUT2D eigenvalue weighted by Gasteiger charge is -2.16. The van der Waals surface area contributed by atoms with Crippen LogP contribution in [0.3, 0.4) is 0 Å². The number of nitrogens with zero attached hydrogens (tertiary/aromatic N) is 1. The topological polar surface area (TPSA) is 24.4 Å². The van der Waals surface area contributed by atoms with Crippen LogP contribution in [0.25, 0.3) is 11.1 Å². The zero-order valence-electron chi connectivity index (χ0n) is 9.70. The zero-order valence-corrected chi connectivity index (χ0v) is 9.70. The predicted octanol–water partition coefficient (Wildman–Crippen LogP) is 4.13. The highest BCUT2D eigenvalue weighted by Crippen LogP contribution is 2.42. The number of anilines is 1. The van der Waals surface area contributed by atoms with Crippen LogP contribution in [0.2, 0.25) is 0 Å². The third-order valence-corrected chi connectivity index (χ3v) is 2.99. The second-order valence-corrected chi connectivity index (χ2v) is 4.18. The largest absolute Gasteiger partial charge is 0.417 e. The van der Waals surface area contributed by atoms with Gasteiger partial charge in [0.15, 0.2) is 0 Å². The monoisotopic (exact) mass is 262 g/mol. The highest BCUT2D eigenvalue weighted by atomic mass is 19.4. The van der Waals surface area contributed by atoms with Crippen LogP contribution in [-0.2, 0) is 6.18 Å². The molecule has 0 radical (unpaired) electrons. The molecule has 0 saturated heterocycles. The van der Waals surface area contributed by atoms with Crippen molar-refractivity contribution in [1.82, 2.24) is 0 Å². The van der Waals surface area contributed by atoms with Gasteiger partial charge in [0, 0.05) is 11.1 Å². The van der Waals surface area contributed by atoms with E-state index < -0.39 is 11.7 Å². The average molecular weight is 262 g/mol. The van der Waals surface area contributed by atoms with Gasteiger partial charge in [0.25, 0.3) is 0 Å². The SMILES string of the molecule is FC(F)(F)c1cccc2c1-c1ccccc1C=NN2. The van der Waals surface area contributed by atoms with Crippen LogP contribution in [0, 0.1) is 0 Å². The maximum atomic E-state index is 13.1. The molecule has 1 heterocycles. The second-order valence-electron chi connectivity index (χ2n) is 4.18. The van der Waals surface area contributed by atoms with Crippen LogP contribution < -0.4 is 5.43 Å². The molecule has 19 heavy (non-hydrogen) atoms. The van der Waals surface area contributed by atoms with Gasteiger partial charge < -0.3 is 0 Å². The maximum absolute atomic E-state index is 13.1. The molecule has 2 aromatic carbocycles. The van der Waals surface area contributed by atoms with Crippen LogP contribution in [0.15, 0.2) is 47.6 Å². The van der Waals surface area contributed by atoms with Crippen molar-refractivity contribution in [3.8, 4) is 11.1 Å². The Hall–Kier alpha value is -2.30. The number of hydrogen-bond donors (Lipinski definition) is 1. The van der Waals surface area contributed by atoms with Gasteiger partial charge in [0.2, 0.25) is 0 Å². The Morgan fingerprint density at radius 3 is 2.53 bits per heavy atom. The first-order chi connectivity index (χ1) is 9.07. The summed E-state index contributed by atoms with van der Waals surface area (Å²) >= 11 is 0. The summed E-state index contributed by atoms with van der Waals surface area (Å²) in [6.45, 7) is 0. The van der Waals surface area contributed by atoms with E-state index in [1.165, 1.54) is 12.3 Å². The van der Waals surface area contributed by atoms with Gasteiger partial charge in [-0.15, -0.1) is 0 Å². The number of halogens is 3. The zero-order chi connectivity index (χ0) is 13.5. The van der Waals surface area contributed by atoms with E-state index in [-0.39, 0.29) is 5.56 Å². The number of rotatable bonds is 0. The summed E-state index contributed by atoms with van der Waals surface area (Å²) in [6, 6.07) is 10.9. The minimum absolute atomic E-state index is 0.142. The summed E-state index contributed by atoms with van der Waals surface area (Å²) in [7, 11) is 0. The van der Waals surface area contributed by atoms with Gasteiger partial charge in [0.1, 0.15) is 0 Å². The van der Waals surface area contributed by atoms with E-state index >= 15 is 0 Å². The molecule has 1 aliphatic rings. The highest BCUT2D eigenvalue weighted by Gasteiger charge is 2.35. The van der Waals surface area contributed by atoms with Crippen LogP contribution in [0.1, 0.15) is 11.1 Å². The third-order valence-electron chi connectivity index (χ3n) is 2.99. The Labute approximate surface area is 107 Å². The molecular formula is C14H9F3N2. The fourth-order valence-corrected chi connectivity index (χ4v) is 2.18. The number of nitrogens with one attached hydrogen (secondary N) is 1. The van der Waals surface area contributed by atoms with Gasteiger partial charge in [-0.05, 0) is 17.7 Å². The normalized spacial score (nSPS) is 13.2. The molecule has 0 amide bonds. The van der Waals surface area contributed by atoms with Gasteiger partial charge in [-0.25, -0.2) is 0 Å². The molecule has 1 aliphatic heterocycles. The Morgan fingerprint density at radius 1 is 0.947 bits per heavy atom. The van der Waals surface area contributed by atoms with E-state index in [2.05, 4.69) is 10.5 Å². The minimum Gasteiger partial charge on any atom is -0.278 e. The van der Waals surface area contributed by atoms with Crippen LogP contribution in [-0.4, -0.2) is 6.21 Å². The lowest BCUT2D eigenvalue weighted by atomic mass is 9.94. The molecule has 0 bridgehead atoms. The summed E-state index contributed by atoms with van der Waals surface area (Å²) in [6.07, 6.45) is -2.88. The molecular weight excluding hydrogens is 253 g/mol. The van der Waals surface area contributed by atoms with Crippen molar-refractivity contribution in [3.63, 3.8) is 0 Å². The Bertz CT molecular complexity index is 660. The quantitative estimate of drug-likeness (QED) is 0.758. The van der Waals surface area contributed by atoms with Gasteiger partial charge in [-0.1, -0.05) is 30.3 Å². The van der Waals surface area contributed by atoms with E-state index in [9.17, 15) is 13.2 Å². The molecule has 0 spiro atoms. The van der Waals surface area contributed by atoms with Gasteiger partial charge in [-0.3, -0.25) is 5.43 Å². The number of fused-ring (bicyclic) bond motifs is 3. The first-order valence-corrected chi connectivity index (χ1v) is 5.66. The molecule has 0 saturated carbocycles. The summed E-state index contributed by atoms with van der Waals surface area (Å²) in [5, 5.41) is 3.93. The van der Waals surface area contributed by atoms with E-state index in [0.29, 0.717) is 16.8 Å². The fraction of sp³-hybridized carbons (Fsp3) is 0.0714. The number of hydrogen-bond acceptors (Lipinski definition) is 2. The Balaban J connectivity index is 2.36. The second kappa shape index (κ2) is 4.12. The smallest absolute Gasteiger partial charge is 0.278 e. The van der Waals surface area contributed by atoms with Gasteiger partial charge >= 0.3 is 6.18 Å². The van der Waals surface area contributed by atoms with Crippen molar-refractivity contribution in [2.45, 2.75) is 6.18 Å². The standard InChI is InChI=1S/C14H9F3N2/c15-14(16,17)11-6-3-7-12-13(11)10-5-2-1-4-9(10)8-18-19-12/h1-8,19H. The molecule has 1 N–H and O–H groups in total. The van der Waals surface area contributed by atoms with Crippen molar-refractivity contribution in [2.75, 3.05) is 5.43 Å². The molecule has 0 fully saturated rings. The Morgan fingerprint density at radius 2 is 1.74 bits per heavy atom. The number of alkyl halides is 3. The van der Waals surface area contributed by atoms with Crippen LogP contribution >= 0.6 is 0 Å². The van der Waals surface area contributed by atoms with Crippen molar-refractivity contribution in [3.05, 3.63) is 53.6 Å². The van der Waals surface area contributed by atoms with Crippen molar-refractivity contribution in [1.29, 1.82) is 0 Å². The van der Waals surface area contributed by atoms with Gasteiger partial charge in [-0.2, -0.15) is 18.3 Å². The van der Waals surface area contributed by atoms with Crippen molar-refractivity contribution >= 4 is 11.9 Å². The third kappa shape index (κ3) is 1.97. The van der Waals surface area contributed by atoms with E-state index in [4.69, 9.17) is 0 Å². The molecule has 0 aromatic heterocycles. The molecule has 3 rings (SSSR count). The minimum atomic E-state index is -4.40. The number of benzene rings is 2. The summed E-state index contributed by atoms with van der Waals surface area (Å²) < 4.78 is 39.4. The molecule has 0 atom stereocenters. The molecule has 2 aromatic rings. The summed E-state index contributed by atoms with van der Waals surface area (Å²) in [4.78, 5) is 0. The fourth-order valence-electron chi connectivity index (χ4n) is 2.18. The lowest BCUT2D eigenvalue weighted by Crippen LogP contribution is -2.08. The highest BCUT2D eigenvalue weighted by molar-refractivity contribution is 5.97. The van der Waals surface area contributed by atoms with Crippen molar-refractivity contribution in [2.24, 2.45) is 5.10 Å². The average Bonchev–Trinajstić information content (AvgIpc) is 2.56. The van der Waals surface area contributed by atoms with E-state index in [1.807, 2.05) is 0 Å². The van der Waals surface area contributed by atoms with Gasteiger partial charge in [0.05, 0.1) is 17.5 Å². The first-order valence-electron chi connectivity index (χ1n) is 5.66. The molecule has 5 heteroatoms. The predicted molar refractivity (Wildman–Crippen MR) is 68.1 cm³/mol. The van der Waals surface area contributed by atoms with Crippen LogP contribution in [0.4, 0.5) is 18.9 Å². The molecule has 2 nitrogen and oxygen atoms in total. The number of hydrazone groups is 1. The molecule has 0 unspecified atom stereocenters. The maximum Gasteiger partial charge on any atom is 0.417 e.